The van der Waals surface area contributed by atoms with Crippen molar-refractivity contribution >= 4 is 29.3 Å². The third-order valence-electron chi connectivity index (χ3n) is 2.13. The molecule has 0 aromatic carbocycles. The van der Waals surface area contributed by atoms with E-state index < -0.39 is 0 Å². The van der Waals surface area contributed by atoms with Crippen LogP contribution in [0.4, 0.5) is 0 Å². The maximum Gasteiger partial charge on any atom is 0.263 e. The lowest BCUT2D eigenvalue weighted by Gasteiger charge is -2.19. The number of hydrogen-bond donors (Lipinski definition) is 0. The number of nitrogens with zero attached hydrogens (tertiary/aromatic N) is 3. The minimum atomic E-state index is -0.0292. The van der Waals surface area contributed by atoms with Crippen LogP contribution in [-0.4, -0.2) is 34.6 Å². The van der Waals surface area contributed by atoms with E-state index in [4.69, 9.17) is 21.2 Å². The molecule has 0 bridgehead atoms. The summed E-state index contributed by atoms with van der Waals surface area (Å²) < 4.78 is 7.28. The molecule has 0 N–H and O–H groups in total. The van der Waals surface area contributed by atoms with Crippen molar-refractivity contribution in [2.45, 2.75) is 18.1 Å². The summed E-state index contributed by atoms with van der Waals surface area (Å²) in [6.45, 7) is 2.37. The van der Waals surface area contributed by atoms with Gasteiger partial charge in [0.15, 0.2) is 11.8 Å². The number of halogens is 1. The highest BCUT2D eigenvalue weighted by Crippen LogP contribution is 2.28. The largest absolute Gasteiger partial charge is 0.468 e. The number of oxime groups is 1. The molecule has 5 nitrogen and oxygen atoms in total. The van der Waals surface area contributed by atoms with E-state index in [0.29, 0.717) is 23.2 Å². The Kier molecular flexibility index (Phi) is 3.30. The molecule has 1 aliphatic heterocycles. The summed E-state index contributed by atoms with van der Waals surface area (Å²) in [6.07, 6.45) is 1.92. The third kappa shape index (κ3) is 1.99. The lowest BCUT2D eigenvalue weighted by atomic mass is 10.3. The van der Waals surface area contributed by atoms with E-state index in [1.54, 1.807) is 4.68 Å². The smallest absolute Gasteiger partial charge is 0.263 e. The predicted octanol–water partition coefficient (Wildman–Crippen LogP) is 1.89. The number of aromatic nitrogens is 2. The van der Waals surface area contributed by atoms with Crippen LogP contribution in [0.2, 0.25) is 5.15 Å². The third-order valence-corrected chi connectivity index (χ3v) is 3.25. The van der Waals surface area contributed by atoms with Gasteiger partial charge in [0, 0.05) is 7.05 Å². The van der Waals surface area contributed by atoms with Crippen LogP contribution in [0.3, 0.4) is 0 Å². The Morgan fingerprint density at radius 3 is 2.94 bits per heavy atom. The molecule has 0 radical (unpaired) electrons. The highest BCUT2D eigenvalue weighted by atomic mass is 35.5. The maximum atomic E-state index is 6.05. The molecule has 2 heterocycles. The van der Waals surface area contributed by atoms with Crippen molar-refractivity contribution in [2.75, 3.05) is 12.9 Å². The number of aryl methyl sites for hydroxylation is 1. The van der Waals surface area contributed by atoms with E-state index in [2.05, 4.69) is 10.3 Å². The molecule has 16 heavy (non-hydrogen) atoms. The Morgan fingerprint density at radius 1 is 1.56 bits per heavy atom. The van der Waals surface area contributed by atoms with Crippen LogP contribution >= 0.6 is 23.4 Å². The number of ether oxygens (including phenoxy) is 1. The summed E-state index contributed by atoms with van der Waals surface area (Å²) >= 11 is 7.59. The quantitative estimate of drug-likeness (QED) is 0.763. The first-order chi connectivity index (χ1) is 7.63. The summed E-state index contributed by atoms with van der Waals surface area (Å²) in [6, 6.07) is 0. The van der Waals surface area contributed by atoms with Crippen LogP contribution in [0.5, 0.6) is 0 Å². The van der Waals surface area contributed by atoms with Gasteiger partial charge in [0.1, 0.15) is 16.7 Å². The van der Waals surface area contributed by atoms with Crippen molar-refractivity contribution in [3.63, 3.8) is 0 Å². The minimum Gasteiger partial charge on any atom is -0.468 e. The highest BCUT2D eigenvalue weighted by Gasteiger charge is 2.25. The molecular weight excluding hydrogens is 250 g/mol. The van der Waals surface area contributed by atoms with E-state index in [1.807, 2.05) is 20.2 Å². The topological polar surface area (TPSA) is 48.6 Å². The highest BCUT2D eigenvalue weighted by molar-refractivity contribution is 7.98. The second-order valence-electron chi connectivity index (χ2n) is 3.42. The Balaban J connectivity index is 2.43. The summed E-state index contributed by atoms with van der Waals surface area (Å²) in [5.74, 6) is 0.404. The van der Waals surface area contributed by atoms with Crippen LogP contribution < -0.4 is 0 Å². The first kappa shape index (κ1) is 11.6. The lowest BCUT2D eigenvalue weighted by molar-refractivity contribution is 0.0194. The van der Waals surface area contributed by atoms with Gasteiger partial charge in [-0.15, -0.1) is 11.8 Å². The average molecular weight is 262 g/mol. The summed E-state index contributed by atoms with van der Waals surface area (Å²) in [4.78, 5) is 5.07. The average Bonchev–Trinajstić information content (AvgIpc) is 2.52. The molecule has 1 unspecified atom stereocenters. The Labute approximate surface area is 103 Å². The van der Waals surface area contributed by atoms with Crippen molar-refractivity contribution in [1.82, 2.24) is 9.78 Å². The van der Waals surface area contributed by atoms with Gasteiger partial charge in [-0.2, -0.15) is 5.10 Å². The Bertz CT molecular complexity index is 433. The molecule has 7 heteroatoms. The molecule has 0 saturated carbocycles. The Morgan fingerprint density at radius 2 is 2.31 bits per heavy atom. The first-order valence-electron chi connectivity index (χ1n) is 4.77. The molecule has 1 aromatic rings. The first-order valence-corrected chi connectivity index (χ1v) is 6.37. The summed E-state index contributed by atoms with van der Waals surface area (Å²) in [5, 5.41) is 9.29. The second kappa shape index (κ2) is 4.55. The zero-order chi connectivity index (χ0) is 11.7. The minimum absolute atomic E-state index is 0.0292. The zero-order valence-corrected chi connectivity index (χ0v) is 10.8. The van der Waals surface area contributed by atoms with Gasteiger partial charge < -0.3 is 9.57 Å². The van der Waals surface area contributed by atoms with Crippen molar-refractivity contribution < 1.29 is 9.57 Å². The fourth-order valence-corrected chi connectivity index (χ4v) is 2.48. The molecule has 0 amide bonds. The van der Waals surface area contributed by atoms with Crippen LogP contribution in [0, 0.1) is 0 Å². The van der Waals surface area contributed by atoms with Crippen molar-refractivity contribution in [3.8, 4) is 0 Å². The molecule has 0 aliphatic carbocycles. The molecule has 0 saturated heterocycles. The SMILES string of the molecule is CSc1c(C2=NOCC(C)O2)c(Cl)nn1C. The van der Waals surface area contributed by atoms with Crippen LogP contribution in [0.15, 0.2) is 10.2 Å². The van der Waals surface area contributed by atoms with Gasteiger partial charge in [0.2, 0.25) is 0 Å². The van der Waals surface area contributed by atoms with Crippen molar-refractivity contribution in [1.29, 1.82) is 0 Å². The molecule has 0 fully saturated rings. The molecule has 1 atom stereocenters. The molecule has 88 valence electrons. The molecule has 1 aliphatic rings. The number of thioether (sulfide) groups is 1. The number of rotatable bonds is 2. The summed E-state index contributed by atoms with van der Waals surface area (Å²) in [5.41, 5.74) is 0.697. The zero-order valence-electron chi connectivity index (χ0n) is 9.23. The lowest BCUT2D eigenvalue weighted by Crippen LogP contribution is -2.25. The van der Waals surface area contributed by atoms with Crippen LogP contribution in [0.1, 0.15) is 12.5 Å². The monoisotopic (exact) mass is 261 g/mol. The Hall–Kier alpha value is -0.880. The van der Waals surface area contributed by atoms with Gasteiger partial charge in [-0.05, 0) is 18.3 Å². The molecule has 1 aromatic heterocycles. The van der Waals surface area contributed by atoms with Crippen molar-refractivity contribution in [2.24, 2.45) is 12.2 Å². The van der Waals surface area contributed by atoms with Crippen molar-refractivity contribution in [3.05, 3.63) is 10.7 Å². The fourth-order valence-electron chi connectivity index (χ4n) is 1.44. The van der Waals surface area contributed by atoms with E-state index in [9.17, 15) is 0 Å². The van der Waals surface area contributed by atoms with Crippen LogP contribution in [-0.2, 0) is 16.6 Å². The predicted molar refractivity (Wildman–Crippen MR) is 63.0 cm³/mol. The van der Waals surface area contributed by atoms with E-state index in [0.717, 1.165) is 5.03 Å². The van der Waals surface area contributed by atoms with Crippen LogP contribution in [0.25, 0.3) is 0 Å². The molecule has 2 rings (SSSR count). The standard InChI is InChI=1S/C9H12ClN3O2S/c1-5-4-14-12-8(15-5)6-7(10)11-13(2)9(6)16-3/h5H,4H2,1-3H3. The molecular formula is C9H12ClN3O2S. The van der Waals surface area contributed by atoms with Gasteiger partial charge >= 0.3 is 0 Å². The van der Waals surface area contributed by atoms with Gasteiger partial charge in [-0.3, -0.25) is 4.68 Å². The van der Waals surface area contributed by atoms with Gasteiger partial charge in [0.25, 0.3) is 5.90 Å². The summed E-state index contributed by atoms with van der Waals surface area (Å²) in [7, 11) is 1.83. The normalized spacial score (nSPS) is 20.0. The molecule has 0 spiro atoms. The second-order valence-corrected chi connectivity index (χ2v) is 4.57. The van der Waals surface area contributed by atoms with E-state index in [1.165, 1.54) is 11.8 Å². The van der Waals surface area contributed by atoms with Gasteiger partial charge in [-0.1, -0.05) is 11.6 Å². The van der Waals surface area contributed by atoms with E-state index >= 15 is 0 Å². The maximum absolute atomic E-state index is 6.05. The van der Waals surface area contributed by atoms with Gasteiger partial charge in [0.05, 0.1) is 0 Å². The number of hydrogen-bond acceptors (Lipinski definition) is 5. The van der Waals surface area contributed by atoms with E-state index in [-0.39, 0.29) is 6.10 Å². The van der Waals surface area contributed by atoms with Gasteiger partial charge in [-0.25, -0.2) is 0 Å². The fraction of sp³-hybridized carbons (Fsp3) is 0.556.